The normalized spacial score (nSPS) is 15.9. The minimum atomic E-state index is -0.217. The molecule has 6 heteroatoms. The van der Waals surface area contributed by atoms with E-state index in [-0.39, 0.29) is 5.82 Å². The van der Waals surface area contributed by atoms with Crippen LogP contribution in [0.2, 0.25) is 5.02 Å². The second-order valence-corrected chi connectivity index (χ2v) is 6.98. The standard InChI is InChI=1S/C19H20ClFN4/c1-23-8-10-24(11-9-23)19-22-17-12-15(20)4-7-18(17)25(19)13-14-2-5-16(21)6-3-14/h2-7,12H,8-11,13H2,1H3. The van der Waals surface area contributed by atoms with Crippen LogP contribution in [0.5, 0.6) is 0 Å². The molecule has 130 valence electrons. The van der Waals surface area contributed by atoms with Gasteiger partial charge in [-0.25, -0.2) is 9.37 Å². The van der Waals surface area contributed by atoms with Crippen LogP contribution in [0.25, 0.3) is 11.0 Å². The highest BCUT2D eigenvalue weighted by atomic mass is 35.5. The van der Waals surface area contributed by atoms with E-state index in [2.05, 4.69) is 21.4 Å². The second-order valence-electron chi connectivity index (χ2n) is 6.55. The van der Waals surface area contributed by atoms with Crippen molar-refractivity contribution in [3.63, 3.8) is 0 Å². The summed E-state index contributed by atoms with van der Waals surface area (Å²) in [5.41, 5.74) is 2.98. The molecular formula is C19H20ClFN4. The Morgan fingerprint density at radius 2 is 1.76 bits per heavy atom. The summed E-state index contributed by atoms with van der Waals surface area (Å²) < 4.78 is 15.4. The van der Waals surface area contributed by atoms with Crippen LogP contribution in [-0.2, 0) is 6.54 Å². The summed E-state index contributed by atoms with van der Waals surface area (Å²) in [6, 6.07) is 12.4. The number of hydrogen-bond acceptors (Lipinski definition) is 3. The number of halogens is 2. The number of benzene rings is 2. The van der Waals surface area contributed by atoms with Gasteiger partial charge >= 0.3 is 0 Å². The maximum Gasteiger partial charge on any atom is 0.206 e. The molecule has 0 N–H and O–H groups in total. The third-order valence-corrected chi connectivity index (χ3v) is 4.97. The fourth-order valence-corrected chi connectivity index (χ4v) is 3.43. The zero-order valence-corrected chi connectivity index (χ0v) is 14.9. The lowest BCUT2D eigenvalue weighted by Crippen LogP contribution is -2.45. The van der Waals surface area contributed by atoms with Crippen molar-refractivity contribution in [1.29, 1.82) is 0 Å². The molecule has 4 rings (SSSR count). The van der Waals surface area contributed by atoms with Crippen LogP contribution < -0.4 is 4.90 Å². The molecule has 0 amide bonds. The molecule has 4 nitrogen and oxygen atoms in total. The Morgan fingerprint density at radius 3 is 2.48 bits per heavy atom. The van der Waals surface area contributed by atoms with E-state index < -0.39 is 0 Å². The predicted molar refractivity (Wildman–Crippen MR) is 100.0 cm³/mol. The summed E-state index contributed by atoms with van der Waals surface area (Å²) in [7, 11) is 2.14. The Kier molecular flexibility index (Phi) is 4.36. The molecule has 2 aromatic carbocycles. The van der Waals surface area contributed by atoms with E-state index in [0.29, 0.717) is 11.6 Å². The molecule has 3 aromatic rings. The van der Waals surface area contributed by atoms with Gasteiger partial charge < -0.3 is 14.4 Å². The predicted octanol–water partition coefficient (Wildman–Crippen LogP) is 3.63. The first-order valence-corrected chi connectivity index (χ1v) is 8.82. The van der Waals surface area contributed by atoms with Gasteiger partial charge in [-0.05, 0) is 42.9 Å². The van der Waals surface area contributed by atoms with Gasteiger partial charge in [-0.2, -0.15) is 0 Å². The summed E-state index contributed by atoms with van der Waals surface area (Å²) in [6.07, 6.45) is 0. The highest BCUT2D eigenvalue weighted by Gasteiger charge is 2.21. The second kappa shape index (κ2) is 6.65. The Labute approximate surface area is 151 Å². The maximum absolute atomic E-state index is 13.2. The zero-order chi connectivity index (χ0) is 17.4. The van der Waals surface area contributed by atoms with E-state index in [1.54, 1.807) is 0 Å². The van der Waals surface area contributed by atoms with Crippen molar-refractivity contribution in [2.45, 2.75) is 6.54 Å². The van der Waals surface area contributed by atoms with E-state index in [9.17, 15) is 4.39 Å². The first-order valence-electron chi connectivity index (χ1n) is 8.44. The number of anilines is 1. The van der Waals surface area contributed by atoms with Gasteiger partial charge in [0, 0.05) is 31.2 Å². The Hall–Kier alpha value is -2.11. The van der Waals surface area contributed by atoms with Crippen LogP contribution in [0.4, 0.5) is 10.3 Å². The molecular weight excluding hydrogens is 339 g/mol. The van der Waals surface area contributed by atoms with Gasteiger partial charge in [0.15, 0.2) is 0 Å². The summed E-state index contributed by atoms with van der Waals surface area (Å²) >= 11 is 6.15. The lowest BCUT2D eigenvalue weighted by Gasteiger charge is -2.33. The van der Waals surface area contributed by atoms with Crippen molar-refractivity contribution in [3.05, 3.63) is 58.9 Å². The highest BCUT2D eigenvalue weighted by molar-refractivity contribution is 6.31. The highest BCUT2D eigenvalue weighted by Crippen LogP contribution is 2.27. The summed E-state index contributed by atoms with van der Waals surface area (Å²) in [5, 5.41) is 0.684. The van der Waals surface area contributed by atoms with Gasteiger partial charge in [0.25, 0.3) is 0 Å². The molecule has 0 spiro atoms. The van der Waals surface area contributed by atoms with Crippen molar-refractivity contribution < 1.29 is 4.39 Å². The van der Waals surface area contributed by atoms with Crippen LogP contribution in [0.1, 0.15) is 5.56 Å². The Morgan fingerprint density at radius 1 is 1.04 bits per heavy atom. The molecule has 1 aromatic heterocycles. The molecule has 0 atom stereocenters. The third kappa shape index (κ3) is 3.34. The molecule has 0 aliphatic carbocycles. The fourth-order valence-electron chi connectivity index (χ4n) is 3.27. The lowest BCUT2D eigenvalue weighted by molar-refractivity contribution is 0.310. The quantitative estimate of drug-likeness (QED) is 0.714. The third-order valence-electron chi connectivity index (χ3n) is 4.73. The Balaban J connectivity index is 1.76. The van der Waals surface area contributed by atoms with Gasteiger partial charge in [-0.1, -0.05) is 23.7 Å². The molecule has 0 unspecified atom stereocenters. The SMILES string of the molecule is CN1CCN(c2nc3cc(Cl)ccc3n2Cc2ccc(F)cc2)CC1. The molecule has 2 heterocycles. The van der Waals surface area contributed by atoms with Crippen LogP contribution in [-0.4, -0.2) is 47.7 Å². The molecule has 0 saturated carbocycles. The van der Waals surface area contributed by atoms with Crippen molar-refractivity contribution >= 4 is 28.6 Å². The van der Waals surface area contributed by atoms with Gasteiger partial charge in [-0.3, -0.25) is 0 Å². The number of piperazine rings is 1. The number of likely N-dealkylation sites (N-methyl/N-ethyl adjacent to an activating group) is 1. The van der Waals surface area contributed by atoms with E-state index in [1.165, 1.54) is 12.1 Å². The maximum atomic E-state index is 13.2. The average Bonchev–Trinajstić information content (AvgIpc) is 2.95. The number of nitrogens with zero attached hydrogens (tertiary/aromatic N) is 4. The first-order chi connectivity index (χ1) is 12.1. The minimum absolute atomic E-state index is 0.217. The lowest BCUT2D eigenvalue weighted by atomic mass is 10.2. The topological polar surface area (TPSA) is 24.3 Å². The van der Waals surface area contributed by atoms with Crippen molar-refractivity contribution in [2.24, 2.45) is 0 Å². The van der Waals surface area contributed by atoms with Crippen LogP contribution in [0, 0.1) is 5.82 Å². The average molecular weight is 359 g/mol. The first kappa shape index (κ1) is 16.4. The molecule has 1 fully saturated rings. The molecule has 0 radical (unpaired) electrons. The molecule has 1 aliphatic heterocycles. The van der Waals surface area contributed by atoms with E-state index in [0.717, 1.165) is 48.7 Å². The van der Waals surface area contributed by atoms with Crippen molar-refractivity contribution in [3.8, 4) is 0 Å². The van der Waals surface area contributed by atoms with E-state index in [1.807, 2.05) is 30.3 Å². The van der Waals surface area contributed by atoms with E-state index in [4.69, 9.17) is 16.6 Å². The van der Waals surface area contributed by atoms with Crippen molar-refractivity contribution in [2.75, 3.05) is 38.1 Å². The molecule has 25 heavy (non-hydrogen) atoms. The van der Waals surface area contributed by atoms with Gasteiger partial charge in [-0.15, -0.1) is 0 Å². The number of rotatable bonds is 3. The Bertz CT molecular complexity index is 882. The minimum Gasteiger partial charge on any atom is -0.340 e. The van der Waals surface area contributed by atoms with Crippen LogP contribution in [0.15, 0.2) is 42.5 Å². The van der Waals surface area contributed by atoms with Crippen LogP contribution >= 0.6 is 11.6 Å². The summed E-state index contributed by atoms with van der Waals surface area (Å²) in [4.78, 5) is 9.48. The van der Waals surface area contributed by atoms with Gasteiger partial charge in [0.1, 0.15) is 5.82 Å². The molecule has 0 bridgehead atoms. The van der Waals surface area contributed by atoms with Gasteiger partial charge in [0.2, 0.25) is 5.95 Å². The van der Waals surface area contributed by atoms with E-state index >= 15 is 0 Å². The van der Waals surface area contributed by atoms with Crippen molar-refractivity contribution in [1.82, 2.24) is 14.5 Å². The van der Waals surface area contributed by atoms with Gasteiger partial charge in [0.05, 0.1) is 17.6 Å². The number of fused-ring (bicyclic) bond motifs is 1. The fraction of sp³-hybridized carbons (Fsp3) is 0.316. The number of imidazole rings is 1. The summed E-state index contributed by atoms with van der Waals surface area (Å²) in [5.74, 6) is 0.736. The molecule has 1 saturated heterocycles. The zero-order valence-electron chi connectivity index (χ0n) is 14.1. The monoisotopic (exact) mass is 358 g/mol. The smallest absolute Gasteiger partial charge is 0.206 e. The van der Waals surface area contributed by atoms with Crippen LogP contribution in [0.3, 0.4) is 0 Å². The summed E-state index contributed by atoms with van der Waals surface area (Å²) in [6.45, 7) is 4.56. The molecule has 1 aliphatic rings. The number of aromatic nitrogens is 2. The largest absolute Gasteiger partial charge is 0.340 e. The number of hydrogen-bond donors (Lipinski definition) is 0.